The molecule has 0 radical (unpaired) electrons. The molecule has 3 aromatic heterocycles. The summed E-state index contributed by atoms with van der Waals surface area (Å²) in [6.07, 6.45) is 5.98. The summed E-state index contributed by atoms with van der Waals surface area (Å²) in [4.78, 5) is 34.1. The number of hydrogen-bond donors (Lipinski definition) is 1. The number of carbonyl (C=O) groups is 1. The molecule has 1 N–H and O–H groups in total. The Morgan fingerprint density at radius 2 is 2.07 bits per heavy atom. The van der Waals surface area contributed by atoms with Crippen molar-refractivity contribution in [1.82, 2.24) is 30.2 Å². The molecular weight excluding hydrogens is 348 g/mol. The molecule has 1 amide bonds. The first kappa shape index (κ1) is 17.1. The summed E-state index contributed by atoms with van der Waals surface area (Å²) in [5.74, 6) is 0.509. The molecule has 1 aliphatic rings. The number of rotatable bonds is 3. The maximum atomic E-state index is 12.5. The third kappa shape index (κ3) is 3.48. The van der Waals surface area contributed by atoms with Crippen molar-refractivity contribution >= 4 is 5.91 Å². The zero-order valence-corrected chi connectivity index (χ0v) is 14.8. The van der Waals surface area contributed by atoms with Crippen LogP contribution in [0.3, 0.4) is 0 Å². The van der Waals surface area contributed by atoms with E-state index in [4.69, 9.17) is 4.52 Å². The monoisotopic (exact) mass is 366 g/mol. The lowest BCUT2D eigenvalue weighted by Crippen LogP contribution is -2.38. The van der Waals surface area contributed by atoms with Crippen molar-refractivity contribution in [3.63, 3.8) is 0 Å². The van der Waals surface area contributed by atoms with Crippen LogP contribution in [0.1, 0.15) is 40.6 Å². The maximum Gasteiger partial charge on any atom is 0.274 e. The molecule has 1 fully saturated rings. The summed E-state index contributed by atoms with van der Waals surface area (Å²) in [6.45, 7) is 2.98. The molecule has 0 saturated carbocycles. The lowest BCUT2D eigenvalue weighted by Gasteiger charge is -2.31. The van der Waals surface area contributed by atoms with Crippen molar-refractivity contribution in [2.45, 2.75) is 25.7 Å². The zero-order valence-electron chi connectivity index (χ0n) is 14.8. The number of hydrogen-bond acceptors (Lipinski definition) is 7. The average molecular weight is 366 g/mol. The van der Waals surface area contributed by atoms with Gasteiger partial charge in [-0.25, -0.2) is 10.1 Å². The number of aryl methyl sites for hydroxylation is 1. The van der Waals surface area contributed by atoms with Crippen LogP contribution >= 0.6 is 0 Å². The number of H-pyrrole nitrogens is 1. The van der Waals surface area contributed by atoms with Gasteiger partial charge in [-0.05, 0) is 19.8 Å². The molecule has 0 aliphatic carbocycles. The van der Waals surface area contributed by atoms with Crippen molar-refractivity contribution in [1.29, 1.82) is 0 Å². The summed E-state index contributed by atoms with van der Waals surface area (Å²) < 4.78 is 5.33. The molecule has 1 aliphatic heterocycles. The van der Waals surface area contributed by atoms with E-state index in [0.29, 0.717) is 30.1 Å². The van der Waals surface area contributed by atoms with Gasteiger partial charge in [-0.15, -0.1) is 0 Å². The predicted octanol–water partition coefficient (Wildman–Crippen LogP) is 1.54. The molecule has 4 rings (SSSR count). The quantitative estimate of drug-likeness (QED) is 0.747. The minimum atomic E-state index is -0.293. The molecule has 1 saturated heterocycles. The summed E-state index contributed by atoms with van der Waals surface area (Å²) in [5, 5.41) is 10.7. The number of piperidine rings is 1. The van der Waals surface area contributed by atoms with E-state index in [9.17, 15) is 9.59 Å². The van der Waals surface area contributed by atoms with Gasteiger partial charge < -0.3 is 9.42 Å². The number of nitrogens with one attached hydrogen (secondary N) is 1. The SMILES string of the molecule is Cc1cc(-c2cc(=O)[nH]nc2C2CCN(C(=O)c3cnccn3)CC2)on1. The van der Waals surface area contributed by atoms with Crippen LogP contribution in [0.5, 0.6) is 0 Å². The number of nitrogens with zero attached hydrogens (tertiary/aromatic N) is 5. The second kappa shape index (κ2) is 7.10. The van der Waals surface area contributed by atoms with Gasteiger partial charge in [0.05, 0.1) is 17.6 Å². The maximum absolute atomic E-state index is 12.5. The van der Waals surface area contributed by atoms with Gasteiger partial charge in [-0.1, -0.05) is 5.16 Å². The average Bonchev–Trinajstić information content (AvgIpc) is 3.14. The molecule has 0 aromatic carbocycles. The van der Waals surface area contributed by atoms with Crippen molar-refractivity contribution in [3.8, 4) is 11.3 Å². The Balaban J connectivity index is 1.53. The third-order valence-corrected chi connectivity index (χ3v) is 4.68. The smallest absolute Gasteiger partial charge is 0.274 e. The van der Waals surface area contributed by atoms with Crippen LogP contribution in [0, 0.1) is 6.92 Å². The van der Waals surface area contributed by atoms with Crippen LogP contribution in [-0.2, 0) is 0 Å². The highest BCUT2D eigenvalue weighted by molar-refractivity contribution is 5.92. The van der Waals surface area contributed by atoms with Crippen molar-refractivity contribution in [2.75, 3.05) is 13.1 Å². The van der Waals surface area contributed by atoms with Gasteiger partial charge >= 0.3 is 0 Å². The van der Waals surface area contributed by atoms with E-state index in [-0.39, 0.29) is 17.4 Å². The summed E-state index contributed by atoms with van der Waals surface area (Å²) in [5.41, 5.74) is 2.20. The molecular formula is C18H18N6O3. The van der Waals surface area contributed by atoms with Crippen molar-refractivity contribution in [2.24, 2.45) is 0 Å². The molecule has 138 valence electrons. The highest BCUT2D eigenvalue weighted by atomic mass is 16.5. The van der Waals surface area contributed by atoms with Gasteiger partial charge in [0.1, 0.15) is 5.69 Å². The second-order valence-corrected chi connectivity index (χ2v) is 6.52. The van der Waals surface area contributed by atoms with Gasteiger partial charge in [0.2, 0.25) is 0 Å². The zero-order chi connectivity index (χ0) is 18.8. The number of carbonyl (C=O) groups excluding carboxylic acids is 1. The standard InChI is InChI=1S/C18H18N6O3/c1-11-8-15(27-23-11)13-9-16(25)21-22-17(13)12-2-6-24(7-3-12)18(26)14-10-19-4-5-20-14/h4-5,8-10,12H,2-3,6-7H2,1H3,(H,21,25). The Bertz CT molecular complexity index is 1010. The van der Waals surface area contributed by atoms with Crippen molar-refractivity contribution < 1.29 is 9.32 Å². The fourth-order valence-electron chi connectivity index (χ4n) is 3.34. The van der Waals surface area contributed by atoms with E-state index in [1.54, 1.807) is 11.0 Å². The van der Waals surface area contributed by atoms with Crippen LogP contribution in [0.2, 0.25) is 0 Å². The van der Waals surface area contributed by atoms with Crippen LogP contribution in [0.15, 0.2) is 40.0 Å². The first-order valence-electron chi connectivity index (χ1n) is 8.70. The Labute approximate surface area is 154 Å². The van der Waals surface area contributed by atoms with Crippen LogP contribution in [-0.4, -0.2) is 49.2 Å². The van der Waals surface area contributed by atoms with Gasteiger partial charge in [0.25, 0.3) is 11.5 Å². The van der Waals surface area contributed by atoms with E-state index in [0.717, 1.165) is 24.2 Å². The van der Waals surface area contributed by atoms with Gasteiger partial charge in [0.15, 0.2) is 5.76 Å². The molecule has 4 heterocycles. The molecule has 3 aromatic rings. The number of aromatic nitrogens is 5. The normalized spacial score (nSPS) is 15.1. The predicted molar refractivity (Wildman–Crippen MR) is 95.0 cm³/mol. The first-order chi connectivity index (χ1) is 13.1. The minimum absolute atomic E-state index is 0.105. The highest BCUT2D eigenvalue weighted by Gasteiger charge is 2.28. The van der Waals surface area contributed by atoms with Crippen LogP contribution in [0.25, 0.3) is 11.3 Å². The summed E-state index contributed by atoms with van der Waals surface area (Å²) >= 11 is 0. The Kier molecular flexibility index (Phi) is 4.49. The molecule has 0 spiro atoms. The Morgan fingerprint density at radius 3 is 2.74 bits per heavy atom. The lowest BCUT2D eigenvalue weighted by molar-refractivity contribution is 0.0705. The van der Waals surface area contributed by atoms with E-state index in [1.165, 1.54) is 24.7 Å². The van der Waals surface area contributed by atoms with Crippen LogP contribution < -0.4 is 5.56 Å². The van der Waals surface area contributed by atoms with Gasteiger partial charge in [0, 0.05) is 49.1 Å². The molecule has 27 heavy (non-hydrogen) atoms. The van der Waals surface area contributed by atoms with Crippen molar-refractivity contribution in [3.05, 3.63) is 58.2 Å². The fraction of sp³-hybridized carbons (Fsp3) is 0.333. The molecule has 0 unspecified atom stereocenters. The van der Waals surface area contributed by atoms with E-state index < -0.39 is 0 Å². The van der Waals surface area contributed by atoms with Crippen LogP contribution in [0.4, 0.5) is 0 Å². The Hall–Kier alpha value is -3.36. The molecule has 9 heteroatoms. The van der Waals surface area contributed by atoms with E-state index >= 15 is 0 Å². The largest absolute Gasteiger partial charge is 0.356 e. The highest BCUT2D eigenvalue weighted by Crippen LogP contribution is 2.33. The minimum Gasteiger partial charge on any atom is -0.356 e. The molecule has 0 bridgehead atoms. The van der Waals surface area contributed by atoms with E-state index in [2.05, 4.69) is 25.3 Å². The molecule has 0 atom stereocenters. The summed E-state index contributed by atoms with van der Waals surface area (Å²) in [7, 11) is 0. The second-order valence-electron chi connectivity index (χ2n) is 6.52. The van der Waals surface area contributed by atoms with E-state index in [1.807, 2.05) is 6.92 Å². The Morgan fingerprint density at radius 1 is 1.26 bits per heavy atom. The fourth-order valence-corrected chi connectivity index (χ4v) is 3.34. The topological polar surface area (TPSA) is 118 Å². The van der Waals surface area contributed by atoms with Gasteiger partial charge in [-0.3, -0.25) is 14.6 Å². The number of amides is 1. The third-order valence-electron chi connectivity index (χ3n) is 4.68. The number of likely N-dealkylation sites (tertiary alicyclic amines) is 1. The molecule has 9 nitrogen and oxygen atoms in total. The number of aromatic amines is 1. The summed E-state index contributed by atoms with van der Waals surface area (Å²) in [6, 6.07) is 3.27. The lowest BCUT2D eigenvalue weighted by atomic mass is 9.90. The van der Waals surface area contributed by atoms with Gasteiger partial charge in [-0.2, -0.15) is 5.10 Å². The first-order valence-corrected chi connectivity index (χ1v) is 8.70.